The summed E-state index contributed by atoms with van der Waals surface area (Å²) < 4.78 is 1.04. The number of nitrogens with zero attached hydrogens (tertiary/aromatic N) is 1. The van der Waals surface area contributed by atoms with E-state index in [9.17, 15) is 4.79 Å². The van der Waals surface area contributed by atoms with E-state index in [1.165, 1.54) is 0 Å². The number of rotatable bonds is 3. The van der Waals surface area contributed by atoms with Crippen molar-refractivity contribution in [2.45, 2.75) is 12.5 Å². The average Bonchev–Trinajstić information content (AvgIpc) is 2.62. The van der Waals surface area contributed by atoms with Crippen LogP contribution in [-0.2, 0) is 4.79 Å². The summed E-state index contributed by atoms with van der Waals surface area (Å²) in [5.74, 6) is 0.110. The second-order valence-electron chi connectivity index (χ2n) is 3.77. The van der Waals surface area contributed by atoms with Crippen LogP contribution in [0.5, 0.6) is 0 Å². The molecule has 0 aromatic heterocycles. The van der Waals surface area contributed by atoms with Crippen LogP contribution >= 0.6 is 15.9 Å². The van der Waals surface area contributed by atoms with E-state index in [2.05, 4.69) is 21.4 Å². The summed E-state index contributed by atoms with van der Waals surface area (Å²) in [5.41, 5.74) is 9.72. The summed E-state index contributed by atoms with van der Waals surface area (Å²) in [7, 11) is 0. The third kappa shape index (κ3) is 2.42. The Morgan fingerprint density at radius 1 is 1.44 bits per heavy atom. The molecule has 5 heteroatoms. The van der Waals surface area contributed by atoms with Crippen LogP contribution in [0.3, 0.4) is 0 Å². The molecule has 1 heterocycles. The Morgan fingerprint density at radius 2 is 2.12 bits per heavy atom. The highest BCUT2D eigenvalue weighted by molar-refractivity contribution is 9.10. The molecule has 0 saturated carbocycles. The van der Waals surface area contributed by atoms with Crippen molar-refractivity contribution >= 4 is 21.8 Å². The molecule has 16 heavy (non-hydrogen) atoms. The van der Waals surface area contributed by atoms with Gasteiger partial charge < -0.3 is 5.73 Å². The van der Waals surface area contributed by atoms with Gasteiger partial charge >= 0.3 is 0 Å². The minimum absolute atomic E-state index is 0.0761. The number of nitrogens with two attached hydrogens (primary N) is 1. The van der Waals surface area contributed by atoms with Gasteiger partial charge in [0.15, 0.2) is 0 Å². The number of carbonyl (C=O) groups is 1. The predicted octanol–water partition coefficient (Wildman–Crippen LogP) is 1.19. The molecule has 0 bridgehead atoms. The van der Waals surface area contributed by atoms with Crippen molar-refractivity contribution in [3.05, 3.63) is 34.3 Å². The van der Waals surface area contributed by atoms with Crippen LogP contribution in [0.25, 0.3) is 0 Å². The van der Waals surface area contributed by atoms with Gasteiger partial charge in [0.1, 0.15) is 0 Å². The average molecular weight is 284 g/mol. The monoisotopic (exact) mass is 283 g/mol. The Hall–Kier alpha value is -0.910. The lowest BCUT2D eigenvalue weighted by atomic mass is 10.1. The number of hydrogen-bond acceptors (Lipinski definition) is 3. The largest absolute Gasteiger partial charge is 0.329 e. The van der Waals surface area contributed by atoms with E-state index in [-0.39, 0.29) is 11.9 Å². The van der Waals surface area contributed by atoms with Crippen LogP contribution in [0.15, 0.2) is 28.7 Å². The smallest absolute Gasteiger partial charge is 0.238 e. The zero-order chi connectivity index (χ0) is 11.5. The molecule has 1 fully saturated rings. The third-order valence-electron chi connectivity index (χ3n) is 2.62. The maximum Gasteiger partial charge on any atom is 0.238 e. The van der Waals surface area contributed by atoms with Gasteiger partial charge in [-0.15, -0.1) is 0 Å². The second-order valence-corrected chi connectivity index (χ2v) is 4.69. The first kappa shape index (κ1) is 11.6. The molecule has 0 aliphatic carbocycles. The number of hydrogen-bond donors (Lipinski definition) is 2. The van der Waals surface area contributed by atoms with Crippen molar-refractivity contribution < 1.29 is 4.79 Å². The maximum atomic E-state index is 11.6. The molecule has 2 rings (SSSR count). The van der Waals surface area contributed by atoms with Crippen molar-refractivity contribution in [2.24, 2.45) is 5.73 Å². The van der Waals surface area contributed by atoms with Crippen LogP contribution in [-0.4, -0.2) is 24.0 Å². The Kier molecular flexibility index (Phi) is 3.58. The van der Waals surface area contributed by atoms with Crippen LogP contribution < -0.4 is 11.2 Å². The highest BCUT2D eigenvalue weighted by Crippen LogP contribution is 2.24. The van der Waals surface area contributed by atoms with E-state index >= 15 is 0 Å². The van der Waals surface area contributed by atoms with E-state index in [0.29, 0.717) is 19.5 Å². The molecule has 1 unspecified atom stereocenters. The minimum atomic E-state index is 0.0761. The Labute approximate surface area is 103 Å². The Morgan fingerprint density at radius 3 is 2.75 bits per heavy atom. The summed E-state index contributed by atoms with van der Waals surface area (Å²) in [6.07, 6.45) is 0.502. The minimum Gasteiger partial charge on any atom is -0.329 e. The zero-order valence-electron chi connectivity index (χ0n) is 8.82. The first-order chi connectivity index (χ1) is 7.70. The number of halogens is 1. The van der Waals surface area contributed by atoms with Gasteiger partial charge in [-0.3, -0.25) is 9.80 Å². The van der Waals surface area contributed by atoms with Crippen LogP contribution in [0.4, 0.5) is 0 Å². The molecular formula is C11H14BrN3O. The molecule has 1 aliphatic rings. The predicted molar refractivity (Wildman–Crippen MR) is 65.4 cm³/mol. The van der Waals surface area contributed by atoms with E-state index in [0.717, 1.165) is 10.0 Å². The molecule has 1 aliphatic heterocycles. The SMILES string of the molecule is NCCN1NC(c2ccc(Br)cc2)CC1=O. The van der Waals surface area contributed by atoms with Gasteiger partial charge in [-0.2, -0.15) is 0 Å². The standard InChI is InChI=1S/C11H14BrN3O/c12-9-3-1-8(2-4-9)10-7-11(16)15(14-10)6-5-13/h1-4,10,14H,5-7,13H2. The molecule has 1 amide bonds. The molecule has 86 valence electrons. The highest BCUT2D eigenvalue weighted by atomic mass is 79.9. The first-order valence-electron chi connectivity index (χ1n) is 5.23. The zero-order valence-corrected chi connectivity index (χ0v) is 10.4. The molecular weight excluding hydrogens is 270 g/mol. The van der Waals surface area contributed by atoms with E-state index in [4.69, 9.17) is 5.73 Å². The molecule has 1 atom stereocenters. The first-order valence-corrected chi connectivity index (χ1v) is 6.02. The van der Waals surface area contributed by atoms with Gasteiger partial charge in [-0.1, -0.05) is 28.1 Å². The molecule has 0 radical (unpaired) electrons. The van der Waals surface area contributed by atoms with Gasteiger partial charge in [0.25, 0.3) is 0 Å². The number of nitrogens with one attached hydrogen (secondary N) is 1. The van der Waals surface area contributed by atoms with Gasteiger partial charge in [0.2, 0.25) is 5.91 Å². The van der Waals surface area contributed by atoms with Gasteiger partial charge in [-0.25, -0.2) is 5.43 Å². The summed E-state index contributed by atoms with van der Waals surface area (Å²) in [6.45, 7) is 1.04. The van der Waals surface area contributed by atoms with Crippen molar-refractivity contribution in [1.29, 1.82) is 0 Å². The Balaban J connectivity index is 2.07. The van der Waals surface area contributed by atoms with Crippen molar-refractivity contribution in [3.63, 3.8) is 0 Å². The number of benzene rings is 1. The van der Waals surface area contributed by atoms with Gasteiger partial charge in [-0.05, 0) is 17.7 Å². The summed E-state index contributed by atoms with van der Waals surface area (Å²) in [5, 5.41) is 1.60. The molecule has 1 aromatic carbocycles. The third-order valence-corrected chi connectivity index (χ3v) is 3.15. The lowest BCUT2D eigenvalue weighted by molar-refractivity contribution is -0.129. The van der Waals surface area contributed by atoms with Crippen LogP contribution in [0.2, 0.25) is 0 Å². The fourth-order valence-electron chi connectivity index (χ4n) is 1.80. The van der Waals surface area contributed by atoms with Crippen LogP contribution in [0.1, 0.15) is 18.0 Å². The molecule has 1 aromatic rings. The fraction of sp³-hybridized carbons (Fsp3) is 0.364. The number of hydrazine groups is 1. The highest BCUT2D eigenvalue weighted by Gasteiger charge is 2.29. The fourth-order valence-corrected chi connectivity index (χ4v) is 2.06. The normalized spacial score (nSPS) is 20.5. The summed E-state index contributed by atoms with van der Waals surface area (Å²) >= 11 is 3.39. The molecule has 4 nitrogen and oxygen atoms in total. The summed E-state index contributed by atoms with van der Waals surface area (Å²) in [6, 6.07) is 8.06. The molecule has 0 spiro atoms. The van der Waals surface area contributed by atoms with E-state index in [1.54, 1.807) is 5.01 Å². The maximum absolute atomic E-state index is 11.6. The molecule has 1 saturated heterocycles. The second kappa shape index (κ2) is 4.95. The van der Waals surface area contributed by atoms with Crippen molar-refractivity contribution in [2.75, 3.05) is 13.1 Å². The van der Waals surface area contributed by atoms with Crippen molar-refractivity contribution in [1.82, 2.24) is 10.4 Å². The number of amides is 1. The van der Waals surface area contributed by atoms with Crippen LogP contribution in [0, 0.1) is 0 Å². The van der Waals surface area contributed by atoms with E-state index in [1.807, 2.05) is 24.3 Å². The Bertz CT molecular complexity index is 379. The van der Waals surface area contributed by atoms with Gasteiger partial charge in [0.05, 0.1) is 6.04 Å². The quantitative estimate of drug-likeness (QED) is 0.876. The number of carbonyl (C=O) groups excluding carboxylic acids is 1. The summed E-state index contributed by atoms with van der Waals surface area (Å²) in [4.78, 5) is 11.6. The topological polar surface area (TPSA) is 58.4 Å². The lowest BCUT2D eigenvalue weighted by Crippen LogP contribution is -2.38. The lowest BCUT2D eigenvalue weighted by Gasteiger charge is -2.17. The van der Waals surface area contributed by atoms with Crippen molar-refractivity contribution in [3.8, 4) is 0 Å². The van der Waals surface area contributed by atoms with Gasteiger partial charge in [0, 0.05) is 24.0 Å². The van der Waals surface area contributed by atoms with E-state index < -0.39 is 0 Å². The molecule has 3 N–H and O–H groups in total.